The van der Waals surface area contributed by atoms with Crippen molar-refractivity contribution in [2.75, 3.05) is 5.32 Å². The highest BCUT2D eigenvalue weighted by atomic mass is 16.5. The van der Waals surface area contributed by atoms with Gasteiger partial charge >= 0.3 is 0 Å². The molecular formula is C27H27N3O2. The summed E-state index contributed by atoms with van der Waals surface area (Å²) in [6.45, 7) is 7.22. The molecule has 3 aromatic carbocycles. The highest BCUT2D eigenvalue weighted by Crippen LogP contribution is 2.20. The van der Waals surface area contributed by atoms with E-state index < -0.39 is 0 Å². The average molecular weight is 426 g/mol. The first kappa shape index (κ1) is 21.4. The van der Waals surface area contributed by atoms with Crippen LogP contribution >= 0.6 is 0 Å². The summed E-state index contributed by atoms with van der Waals surface area (Å²) < 4.78 is 7.77. The molecular weight excluding hydrogens is 398 g/mol. The van der Waals surface area contributed by atoms with Crippen LogP contribution < -0.4 is 10.1 Å². The fourth-order valence-corrected chi connectivity index (χ4v) is 3.52. The largest absolute Gasteiger partial charge is 0.489 e. The zero-order valence-electron chi connectivity index (χ0n) is 18.6. The molecule has 1 amide bonds. The number of rotatable bonds is 7. The van der Waals surface area contributed by atoms with E-state index in [1.165, 1.54) is 11.1 Å². The molecule has 0 unspecified atom stereocenters. The average Bonchev–Trinajstić information content (AvgIpc) is 3.21. The molecule has 0 atom stereocenters. The van der Waals surface area contributed by atoms with Crippen molar-refractivity contribution in [1.82, 2.24) is 9.78 Å². The smallest absolute Gasteiger partial charge is 0.255 e. The number of carbonyl (C=O) groups excluding carboxylic acids is 1. The molecule has 1 heterocycles. The molecule has 5 nitrogen and oxygen atoms in total. The molecule has 1 aromatic heterocycles. The Balaban J connectivity index is 1.37. The van der Waals surface area contributed by atoms with Gasteiger partial charge in [-0.2, -0.15) is 5.10 Å². The Labute approximate surface area is 188 Å². The van der Waals surface area contributed by atoms with E-state index >= 15 is 0 Å². The lowest BCUT2D eigenvalue weighted by Gasteiger charge is -2.11. The van der Waals surface area contributed by atoms with E-state index in [-0.39, 0.29) is 5.91 Å². The maximum absolute atomic E-state index is 12.7. The molecule has 0 bridgehead atoms. The van der Waals surface area contributed by atoms with Gasteiger partial charge in [-0.3, -0.25) is 9.48 Å². The molecule has 0 aliphatic heterocycles. The van der Waals surface area contributed by atoms with Crippen LogP contribution in [-0.2, 0) is 13.2 Å². The van der Waals surface area contributed by atoms with E-state index in [0.717, 1.165) is 22.4 Å². The Hall–Kier alpha value is -3.86. The number of aromatic nitrogens is 2. The summed E-state index contributed by atoms with van der Waals surface area (Å²) in [5, 5.41) is 7.28. The lowest BCUT2D eigenvalue weighted by atomic mass is 10.1. The van der Waals surface area contributed by atoms with E-state index in [1.54, 1.807) is 12.3 Å². The Kier molecular flexibility index (Phi) is 6.36. The Bertz CT molecular complexity index is 1230. The van der Waals surface area contributed by atoms with Crippen molar-refractivity contribution in [2.45, 2.75) is 33.9 Å². The highest BCUT2D eigenvalue weighted by molar-refractivity contribution is 6.04. The zero-order valence-corrected chi connectivity index (χ0v) is 18.6. The van der Waals surface area contributed by atoms with Crippen molar-refractivity contribution in [3.05, 3.63) is 113 Å². The SMILES string of the molecule is Cc1ccc(Cn2cc(NC(=O)c3cccc(COc4ccc(C)cc4C)c3)cn2)cc1. The predicted octanol–water partition coefficient (Wildman–Crippen LogP) is 5.69. The van der Waals surface area contributed by atoms with Gasteiger partial charge in [0.25, 0.3) is 5.91 Å². The third-order valence-electron chi connectivity index (χ3n) is 5.27. The van der Waals surface area contributed by atoms with Gasteiger partial charge in [0.15, 0.2) is 0 Å². The van der Waals surface area contributed by atoms with Gasteiger partial charge in [0.2, 0.25) is 0 Å². The second-order valence-electron chi connectivity index (χ2n) is 8.12. The molecule has 4 aromatic rings. The van der Waals surface area contributed by atoms with Crippen molar-refractivity contribution in [1.29, 1.82) is 0 Å². The van der Waals surface area contributed by atoms with E-state index in [2.05, 4.69) is 54.6 Å². The first-order valence-electron chi connectivity index (χ1n) is 10.6. The summed E-state index contributed by atoms with van der Waals surface area (Å²) in [6, 6.07) is 21.9. The van der Waals surface area contributed by atoms with Crippen LogP contribution in [-0.4, -0.2) is 15.7 Å². The number of benzene rings is 3. The second kappa shape index (κ2) is 9.52. The lowest BCUT2D eigenvalue weighted by Crippen LogP contribution is -2.12. The topological polar surface area (TPSA) is 56.2 Å². The highest BCUT2D eigenvalue weighted by Gasteiger charge is 2.09. The van der Waals surface area contributed by atoms with E-state index in [4.69, 9.17) is 4.74 Å². The minimum Gasteiger partial charge on any atom is -0.489 e. The fourth-order valence-electron chi connectivity index (χ4n) is 3.52. The van der Waals surface area contributed by atoms with Crippen LogP contribution in [0.1, 0.15) is 38.2 Å². The first-order valence-corrected chi connectivity index (χ1v) is 10.6. The van der Waals surface area contributed by atoms with Crippen molar-refractivity contribution in [3.63, 3.8) is 0 Å². The number of ether oxygens (including phenoxy) is 1. The van der Waals surface area contributed by atoms with Gasteiger partial charge in [0, 0.05) is 11.8 Å². The molecule has 0 saturated heterocycles. The number of hydrogen-bond acceptors (Lipinski definition) is 3. The van der Waals surface area contributed by atoms with Crippen molar-refractivity contribution in [2.24, 2.45) is 0 Å². The number of anilines is 1. The normalized spacial score (nSPS) is 10.7. The molecule has 0 aliphatic carbocycles. The molecule has 0 spiro atoms. The van der Waals surface area contributed by atoms with Crippen molar-refractivity contribution in [3.8, 4) is 5.75 Å². The van der Waals surface area contributed by atoms with Crippen LogP contribution in [0.5, 0.6) is 5.75 Å². The third-order valence-corrected chi connectivity index (χ3v) is 5.27. The number of aryl methyl sites for hydroxylation is 3. The van der Waals surface area contributed by atoms with Gasteiger partial charge in [-0.05, 0) is 55.7 Å². The molecule has 0 radical (unpaired) electrons. The molecule has 5 heteroatoms. The van der Waals surface area contributed by atoms with Crippen LogP contribution in [0.3, 0.4) is 0 Å². The molecule has 1 N–H and O–H groups in total. The maximum atomic E-state index is 12.7. The Morgan fingerprint density at radius 3 is 2.50 bits per heavy atom. The first-order chi connectivity index (χ1) is 15.5. The van der Waals surface area contributed by atoms with Gasteiger partial charge in [-0.15, -0.1) is 0 Å². The van der Waals surface area contributed by atoms with Gasteiger partial charge in [-0.25, -0.2) is 0 Å². The quantitative estimate of drug-likeness (QED) is 0.414. The van der Waals surface area contributed by atoms with Gasteiger partial charge < -0.3 is 10.1 Å². The minimum atomic E-state index is -0.173. The minimum absolute atomic E-state index is 0.173. The summed E-state index contributed by atoms with van der Waals surface area (Å²) in [6.07, 6.45) is 3.50. The summed E-state index contributed by atoms with van der Waals surface area (Å²) >= 11 is 0. The molecule has 0 fully saturated rings. The standard InChI is InChI=1S/C27H27N3O2/c1-19-7-10-22(11-8-19)16-30-17-25(15-28-30)29-27(31)24-6-4-5-23(14-24)18-32-26-12-9-20(2)13-21(26)3/h4-15,17H,16,18H2,1-3H3,(H,29,31). The fraction of sp³-hybridized carbons (Fsp3) is 0.185. The molecule has 162 valence electrons. The van der Waals surface area contributed by atoms with Gasteiger partial charge in [-0.1, -0.05) is 59.7 Å². The summed E-state index contributed by atoms with van der Waals surface area (Å²) in [7, 11) is 0. The Morgan fingerprint density at radius 2 is 1.72 bits per heavy atom. The zero-order chi connectivity index (χ0) is 22.5. The summed E-state index contributed by atoms with van der Waals surface area (Å²) in [5.41, 5.74) is 6.87. The maximum Gasteiger partial charge on any atom is 0.255 e. The van der Waals surface area contributed by atoms with E-state index in [1.807, 2.05) is 48.1 Å². The number of carbonyl (C=O) groups is 1. The number of nitrogens with one attached hydrogen (secondary N) is 1. The van der Waals surface area contributed by atoms with Crippen LogP contribution in [0.2, 0.25) is 0 Å². The molecule has 0 saturated carbocycles. The van der Waals surface area contributed by atoms with Gasteiger partial charge in [0.05, 0.1) is 18.4 Å². The third kappa shape index (κ3) is 5.43. The van der Waals surface area contributed by atoms with Crippen LogP contribution in [0, 0.1) is 20.8 Å². The number of hydrogen-bond donors (Lipinski definition) is 1. The van der Waals surface area contributed by atoms with Crippen LogP contribution in [0.25, 0.3) is 0 Å². The predicted molar refractivity (Wildman–Crippen MR) is 127 cm³/mol. The van der Waals surface area contributed by atoms with Crippen molar-refractivity contribution < 1.29 is 9.53 Å². The summed E-state index contributed by atoms with van der Waals surface area (Å²) in [5.74, 6) is 0.680. The number of amides is 1. The lowest BCUT2D eigenvalue weighted by molar-refractivity contribution is 0.102. The monoisotopic (exact) mass is 425 g/mol. The van der Waals surface area contributed by atoms with Crippen molar-refractivity contribution >= 4 is 11.6 Å². The van der Waals surface area contributed by atoms with E-state index in [9.17, 15) is 4.79 Å². The molecule has 4 rings (SSSR count). The number of nitrogens with zero attached hydrogens (tertiary/aromatic N) is 2. The molecule has 32 heavy (non-hydrogen) atoms. The van der Waals surface area contributed by atoms with Gasteiger partial charge in [0.1, 0.15) is 12.4 Å². The Morgan fingerprint density at radius 1 is 0.938 bits per heavy atom. The second-order valence-corrected chi connectivity index (χ2v) is 8.12. The summed E-state index contributed by atoms with van der Waals surface area (Å²) in [4.78, 5) is 12.7. The van der Waals surface area contributed by atoms with Crippen LogP contribution in [0.4, 0.5) is 5.69 Å². The molecule has 0 aliphatic rings. The van der Waals surface area contributed by atoms with E-state index in [0.29, 0.717) is 24.4 Å². The van der Waals surface area contributed by atoms with Crippen LogP contribution in [0.15, 0.2) is 79.1 Å².